The van der Waals surface area contributed by atoms with Gasteiger partial charge in [-0.15, -0.1) is 0 Å². The van der Waals surface area contributed by atoms with Gasteiger partial charge in [-0.2, -0.15) is 0 Å². The normalized spacial score (nSPS) is 11.8. The minimum Gasteiger partial charge on any atom is -0.491 e. The summed E-state index contributed by atoms with van der Waals surface area (Å²) in [5.41, 5.74) is 2.39. The van der Waals surface area contributed by atoms with E-state index >= 15 is 0 Å². The summed E-state index contributed by atoms with van der Waals surface area (Å²) in [7, 11) is 0. The number of anilines is 1. The zero-order valence-electron chi connectivity index (χ0n) is 12.7. The molecule has 0 unspecified atom stereocenters. The van der Waals surface area contributed by atoms with Gasteiger partial charge in [-0.05, 0) is 44.0 Å². The van der Waals surface area contributed by atoms with Crippen LogP contribution < -0.4 is 10.1 Å². The van der Waals surface area contributed by atoms with Crippen LogP contribution in [0.15, 0.2) is 48.5 Å². The molecule has 0 spiro atoms. The molecule has 0 aliphatic heterocycles. The van der Waals surface area contributed by atoms with Crippen molar-refractivity contribution in [1.82, 2.24) is 0 Å². The number of hydrogen-bond donors (Lipinski definition) is 1. The van der Waals surface area contributed by atoms with E-state index in [-0.39, 0.29) is 12.0 Å². The number of benzene rings is 2. The van der Waals surface area contributed by atoms with E-state index in [2.05, 4.69) is 12.2 Å². The number of carbonyl (C=O) groups is 1. The highest BCUT2D eigenvalue weighted by atomic mass is 16.5. The van der Waals surface area contributed by atoms with Crippen LogP contribution in [0, 0.1) is 6.92 Å². The standard InChI is InChI=1S/C18H21NO2/c1-4-14(3)21-16-10-7-9-15(12-16)19-18(20)17-11-6-5-8-13(17)2/h5-12,14H,4H2,1-3H3,(H,19,20)/t14-/m0/s1. The summed E-state index contributed by atoms with van der Waals surface area (Å²) in [5.74, 6) is 0.667. The zero-order chi connectivity index (χ0) is 15.2. The lowest BCUT2D eigenvalue weighted by Gasteiger charge is -2.14. The summed E-state index contributed by atoms with van der Waals surface area (Å²) in [6, 6.07) is 15.0. The first-order chi connectivity index (χ1) is 10.1. The van der Waals surface area contributed by atoms with Gasteiger partial charge in [0.25, 0.3) is 5.91 Å². The van der Waals surface area contributed by atoms with Crippen molar-refractivity contribution in [2.24, 2.45) is 0 Å². The van der Waals surface area contributed by atoms with Crippen molar-refractivity contribution in [3.8, 4) is 5.75 Å². The molecule has 0 aromatic heterocycles. The third-order valence-electron chi connectivity index (χ3n) is 3.39. The lowest BCUT2D eigenvalue weighted by Crippen LogP contribution is -2.14. The van der Waals surface area contributed by atoms with Crippen LogP contribution in [0.4, 0.5) is 5.69 Å². The number of ether oxygens (including phenoxy) is 1. The first-order valence-electron chi connectivity index (χ1n) is 7.24. The summed E-state index contributed by atoms with van der Waals surface area (Å²) >= 11 is 0. The Bertz CT molecular complexity index is 622. The van der Waals surface area contributed by atoms with Crippen molar-refractivity contribution in [2.75, 3.05) is 5.32 Å². The SMILES string of the molecule is CC[C@H](C)Oc1cccc(NC(=O)c2ccccc2C)c1. The summed E-state index contributed by atoms with van der Waals surface area (Å²) in [4.78, 5) is 12.3. The lowest BCUT2D eigenvalue weighted by molar-refractivity contribution is 0.102. The molecule has 0 aliphatic carbocycles. The topological polar surface area (TPSA) is 38.3 Å². The first-order valence-corrected chi connectivity index (χ1v) is 7.24. The average Bonchev–Trinajstić information content (AvgIpc) is 2.47. The number of hydrogen-bond acceptors (Lipinski definition) is 2. The van der Waals surface area contributed by atoms with E-state index in [1.807, 2.05) is 62.4 Å². The van der Waals surface area contributed by atoms with E-state index in [1.165, 1.54) is 0 Å². The number of nitrogens with one attached hydrogen (secondary N) is 1. The molecule has 0 heterocycles. The van der Waals surface area contributed by atoms with Gasteiger partial charge in [0.1, 0.15) is 5.75 Å². The first kappa shape index (κ1) is 15.1. The molecule has 0 bridgehead atoms. The summed E-state index contributed by atoms with van der Waals surface area (Å²) in [6.07, 6.45) is 1.10. The third-order valence-corrected chi connectivity index (χ3v) is 3.39. The second-order valence-electron chi connectivity index (χ2n) is 5.13. The van der Waals surface area contributed by atoms with E-state index in [1.54, 1.807) is 0 Å². The Morgan fingerprint density at radius 2 is 1.95 bits per heavy atom. The average molecular weight is 283 g/mol. The molecule has 1 amide bonds. The van der Waals surface area contributed by atoms with Crippen molar-refractivity contribution in [3.63, 3.8) is 0 Å². The van der Waals surface area contributed by atoms with E-state index in [0.29, 0.717) is 5.56 Å². The Morgan fingerprint density at radius 1 is 1.19 bits per heavy atom. The summed E-state index contributed by atoms with van der Waals surface area (Å²) < 4.78 is 5.76. The van der Waals surface area contributed by atoms with Gasteiger partial charge >= 0.3 is 0 Å². The number of carbonyl (C=O) groups excluding carboxylic acids is 1. The van der Waals surface area contributed by atoms with Crippen LogP contribution in [0.25, 0.3) is 0 Å². The van der Waals surface area contributed by atoms with Gasteiger partial charge in [-0.1, -0.05) is 31.2 Å². The van der Waals surface area contributed by atoms with Gasteiger partial charge < -0.3 is 10.1 Å². The van der Waals surface area contributed by atoms with Crippen molar-refractivity contribution in [1.29, 1.82) is 0 Å². The van der Waals surface area contributed by atoms with Gasteiger partial charge in [0.15, 0.2) is 0 Å². The van der Waals surface area contributed by atoms with Gasteiger partial charge in [0, 0.05) is 17.3 Å². The summed E-state index contributed by atoms with van der Waals surface area (Å²) in [5, 5.41) is 2.91. The van der Waals surface area contributed by atoms with Crippen LogP contribution in [0.1, 0.15) is 36.2 Å². The van der Waals surface area contributed by atoms with Crippen LogP contribution in [0.5, 0.6) is 5.75 Å². The van der Waals surface area contributed by atoms with Crippen molar-refractivity contribution in [3.05, 3.63) is 59.7 Å². The Labute approximate surface area is 126 Å². The van der Waals surface area contributed by atoms with Gasteiger partial charge in [0.05, 0.1) is 6.10 Å². The molecule has 2 aromatic carbocycles. The predicted octanol–water partition coefficient (Wildman–Crippen LogP) is 4.42. The van der Waals surface area contributed by atoms with Gasteiger partial charge in [-0.3, -0.25) is 4.79 Å². The molecular weight excluding hydrogens is 262 g/mol. The van der Waals surface area contributed by atoms with Gasteiger partial charge in [-0.25, -0.2) is 0 Å². The highest BCUT2D eigenvalue weighted by molar-refractivity contribution is 6.05. The smallest absolute Gasteiger partial charge is 0.255 e. The largest absolute Gasteiger partial charge is 0.491 e. The maximum absolute atomic E-state index is 12.3. The van der Waals surface area contributed by atoms with Crippen LogP contribution in [-0.4, -0.2) is 12.0 Å². The maximum atomic E-state index is 12.3. The highest BCUT2D eigenvalue weighted by Gasteiger charge is 2.09. The molecule has 0 saturated carbocycles. The molecule has 0 fully saturated rings. The molecule has 0 radical (unpaired) electrons. The van der Waals surface area contributed by atoms with Crippen molar-refractivity contribution >= 4 is 11.6 Å². The molecular formula is C18H21NO2. The Hall–Kier alpha value is -2.29. The minimum absolute atomic E-state index is 0.103. The van der Waals surface area contributed by atoms with Crippen LogP contribution >= 0.6 is 0 Å². The van der Waals surface area contributed by atoms with Crippen molar-refractivity contribution in [2.45, 2.75) is 33.3 Å². The van der Waals surface area contributed by atoms with Crippen LogP contribution in [0.3, 0.4) is 0 Å². The minimum atomic E-state index is -0.103. The molecule has 1 N–H and O–H groups in total. The molecule has 2 aromatic rings. The fourth-order valence-electron chi connectivity index (χ4n) is 1.99. The molecule has 2 rings (SSSR count). The fraction of sp³-hybridized carbons (Fsp3) is 0.278. The van der Waals surface area contributed by atoms with Crippen LogP contribution in [-0.2, 0) is 0 Å². The second kappa shape index (κ2) is 6.93. The zero-order valence-corrected chi connectivity index (χ0v) is 12.7. The molecule has 1 atom stereocenters. The lowest BCUT2D eigenvalue weighted by atomic mass is 10.1. The number of amides is 1. The van der Waals surface area contributed by atoms with Gasteiger partial charge in [0.2, 0.25) is 0 Å². The monoisotopic (exact) mass is 283 g/mol. The maximum Gasteiger partial charge on any atom is 0.255 e. The molecule has 21 heavy (non-hydrogen) atoms. The van der Waals surface area contributed by atoms with Crippen molar-refractivity contribution < 1.29 is 9.53 Å². The van der Waals surface area contributed by atoms with E-state index in [9.17, 15) is 4.79 Å². The molecule has 0 aliphatic rings. The molecule has 3 heteroatoms. The van der Waals surface area contributed by atoms with E-state index in [0.717, 1.165) is 23.4 Å². The molecule has 0 saturated heterocycles. The Kier molecular flexibility index (Phi) is 4.99. The predicted molar refractivity (Wildman–Crippen MR) is 86.0 cm³/mol. The fourth-order valence-corrected chi connectivity index (χ4v) is 1.99. The number of rotatable bonds is 5. The highest BCUT2D eigenvalue weighted by Crippen LogP contribution is 2.20. The third kappa shape index (κ3) is 4.09. The Balaban J connectivity index is 2.11. The summed E-state index contributed by atoms with van der Waals surface area (Å²) in [6.45, 7) is 6.03. The second-order valence-corrected chi connectivity index (χ2v) is 5.13. The van der Waals surface area contributed by atoms with E-state index in [4.69, 9.17) is 4.74 Å². The van der Waals surface area contributed by atoms with E-state index < -0.39 is 0 Å². The molecule has 110 valence electrons. The Morgan fingerprint density at radius 3 is 2.67 bits per heavy atom. The number of aryl methyl sites for hydroxylation is 1. The van der Waals surface area contributed by atoms with Crippen LogP contribution in [0.2, 0.25) is 0 Å². The quantitative estimate of drug-likeness (QED) is 0.881. The molecule has 3 nitrogen and oxygen atoms in total.